The average molecular weight is 582 g/mol. The predicted octanol–water partition coefficient (Wildman–Crippen LogP) is 4.54. The molecular formula is C31H39N3O6S. The lowest BCUT2D eigenvalue weighted by molar-refractivity contribution is -0.140. The molecule has 0 heterocycles. The molecule has 0 aliphatic heterocycles. The van der Waals surface area contributed by atoms with Crippen LogP contribution in [0.1, 0.15) is 37.8 Å². The number of carbonyl (C=O) groups excluding carboxylic acids is 2. The molecule has 0 aliphatic carbocycles. The Morgan fingerprint density at radius 2 is 1.56 bits per heavy atom. The molecule has 2 amide bonds. The number of anilines is 1. The summed E-state index contributed by atoms with van der Waals surface area (Å²) in [5.74, 6) is -0.0176. The normalized spacial score (nSPS) is 11.8. The lowest BCUT2D eigenvalue weighted by Gasteiger charge is -2.33. The molecule has 0 spiro atoms. The van der Waals surface area contributed by atoms with Crippen LogP contribution in [-0.2, 0) is 26.2 Å². The summed E-state index contributed by atoms with van der Waals surface area (Å²) in [5.41, 5.74) is 2.10. The summed E-state index contributed by atoms with van der Waals surface area (Å²) in [6.45, 7) is 5.82. The Morgan fingerprint density at radius 3 is 2.15 bits per heavy atom. The third-order valence-electron chi connectivity index (χ3n) is 6.69. The minimum atomic E-state index is -4.24. The lowest BCUT2D eigenvalue weighted by atomic mass is 10.1. The monoisotopic (exact) mass is 581 g/mol. The first-order chi connectivity index (χ1) is 19.7. The fraction of sp³-hybridized carbons (Fsp3) is 0.355. The number of hydrogen-bond donors (Lipinski definition) is 1. The smallest absolute Gasteiger partial charge is 0.264 e. The molecule has 1 atom stereocenters. The molecule has 0 aliphatic rings. The Kier molecular flexibility index (Phi) is 11.2. The highest BCUT2D eigenvalue weighted by molar-refractivity contribution is 7.92. The third kappa shape index (κ3) is 7.79. The summed E-state index contributed by atoms with van der Waals surface area (Å²) in [4.78, 5) is 28.8. The Balaban J connectivity index is 2.08. The number of methoxy groups -OCH3 is 2. The lowest BCUT2D eigenvalue weighted by Crippen LogP contribution is -2.52. The van der Waals surface area contributed by atoms with Crippen molar-refractivity contribution in [1.29, 1.82) is 0 Å². The molecule has 3 rings (SSSR count). The highest BCUT2D eigenvalue weighted by Crippen LogP contribution is 2.33. The van der Waals surface area contributed by atoms with Crippen molar-refractivity contribution in [2.45, 2.75) is 51.1 Å². The standard InChI is InChI=1S/C31H39N3O6S/c1-6-20-32-31(36)27(7-2)33(21-24-14-12-23(3)13-15-24)30(35)22-34(28-10-8-9-11-29(28)40-5)41(37,38)26-18-16-25(39-4)17-19-26/h8-19,27H,6-7,20-22H2,1-5H3,(H,32,36). The van der Waals surface area contributed by atoms with E-state index in [0.717, 1.165) is 21.9 Å². The van der Waals surface area contributed by atoms with Crippen molar-refractivity contribution in [3.05, 3.63) is 83.9 Å². The number of nitrogens with zero attached hydrogens (tertiary/aromatic N) is 2. The third-order valence-corrected chi connectivity index (χ3v) is 8.46. The van der Waals surface area contributed by atoms with Gasteiger partial charge in [0, 0.05) is 13.1 Å². The number of amides is 2. The van der Waals surface area contributed by atoms with Gasteiger partial charge in [-0.15, -0.1) is 0 Å². The summed E-state index contributed by atoms with van der Waals surface area (Å²) in [5, 5.41) is 2.89. The molecule has 41 heavy (non-hydrogen) atoms. The maximum atomic E-state index is 14.1. The Labute approximate surface area is 243 Å². The van der Waals surface area contributed by atoms with E-state index in [0.29, 0.717) is 18.7 Å². The van der Waals surface area contributed by atoms with Crippen LogP contribution >= 0.6 is 0 Å². The molecule has 0 bridgehead atoms. The maximum absolute atomic E-state index is 14.1. The van der Waals surface area contributed by atoms with Gasteiger partial charge >= 0.3 is 0 Å². The molecule has 9 nitrogen and oxygen atoms in total. The largest absolute Gasteiger partial charge is 0.497 e. The van der Waals surface area contributed by atoms with Gasteiger partial charge in [0.1, 0.15) is 24.1 Å². The molecule has 0 saturated heterocycles. The molecule has 3 aromatic carbocycles. The van der Waals surface area contributed by atoms with Crippen molar-refractivity contribution in [1.82, 2.24) is 10.2 Å². The molecule has 0 fully saturated rings. The predicted molar refractivity (Wildman–Crippen MR) is 160 cm³/mol. The average Bonchev–Trinajstić information content (AvgIpc) is 2.99. The van der Waals surface area contributed by atoms with Gasteiger partial charge < -0.3 is 19.7 Å². The molecular weight excluding hydrogens is 542 g/mol. The van der Waals surface area contributed by atoms with E-state index in [4.69, 9.17) is 9.47 Å². The van der Waals surface area contributed by atoms with Crippen LogP contribution in [0.2, 0.25) is 0 Å². The van der Waals surface area contributed by atoms with E-state index in [1.54, 1.807) is 36.4 Å². The van der Waals surface area contributed by atoms with Crippen LogP contribution in [0.15, 0.2) is 77.7 Å². The number of nitrogens with one attached hydrogen (secondary N) is 1. The molecule has 3 aromatic rings. The van der Waals surface area contributed by atoms with Gasteiger partial charge in [-0.05, 0) is 61.7 Å². The highest BCUT2D eigenvalue weighted by Gasteiger charge is 2.34. The molecule has 220 valence electrons. The Bertz CT molecular complexity index is 1410. The Hall–Kier alpha value is -4.05. The van der Waals surface area contributed by atoms with Crippen LogP contribution < -0.4 is 19.1 Å². The molecule has 0 aromatic heterocycles. The van der Waals surface area contributed by atoms with Gasteiger partial charge in [-0.3, -0.25) is 13.9 Å². The number of aryl methyl sites for hydroxylation is 1. The van der Waals surface area contributed by atoms with Crippen molar-refractivity contribution in [2.75, 3.05) is 31.6 Å². The number of benzene rings is 3. The summed E-state index contributed by atoms with van der Waals surface area (Å²) in [6.07, 6.45) is 1.10. The second-order valence-electron chi connectivity index (χ2n) is 9.58. The molecule has 0 saturated carbocycles. The maximum Gasteiger partial charge on any atom is 0.264 e. The van der Waals surface area contributed by atoms with E-state index in [2.05, 4.69) is 5.32 Å². The molecule has 0 radical (unpaired) electrons. The van der Waals surface area contributed by atoms with Gasteiger partial charge in [0.25, 0.3) is 10.0 Å². The number of sulfonamides is 1. The number of para-hydroxylation sites is 2. The van der Waals surface area contributed by atoms with Crippen LogP contribution in [0.5, 0.6) is 11.5 Å². The zero-order valence-corrected chi connectivity index (χ0v) is 25.1. The Morgan fingerprint density at radius 1 is 0.902 bits per heavy atom. The van der Waals surface area contributed by atoms with E-state index in [9.17, 15) is 18.0 Å². The SMILES string of the molecule is CCCNC(=O)C(CC)N(Cc1ccc(C)cc1)C(=O)CN(c1ccccc1OC)S(=O)(=O)c1ccc(OC)cc1. The molecule has 10 heteroatoms. The van der Waals surface area contributed by atoms with Gasteiger partial charge in [0.05, 0.1) is 24.8 Å². The number of rotatable bonds is 14. The van der Waals surface area contributed by atoms with Crippen molar-refractivity contribution in [3.63, 3.8) is 0 Å². The molecule has 1 N–H and O–H groups in total. The number of hydrogen-bond acceptors (Lipinski definition) is 6. The van der Waals surface area contributed by atoms with Crippen molar-refractivity contribution >= 4 is 27.5 Å². The van der Waals surface area contributed by atoms with Crippen LogP contribution in [0.25, 0.3) is 0 Å². The van der Waals surface area contributed by atoms with Crippen molar-refractivity contribution in [2.24, 2.45) is 0 Å². The summed E-state index contributed by atoms with van der Waals surface area (Å²) in [7, 11) is -1.30. The second kappa shape index (κ2) is 14.5. The number of carbonyl (C=O) groups is 2. The fourth-order valence-corrected chi connectivity index (χ4v) is 5.82. The summed E-state index contributed by atoms with van der Waals surface area (Å²) < 4.78 is 39.8. The van der Waals surface area contributed by atoms with Crippen LogP contribution in [0.4, 0.5) is 5.69 Å². The van der Waals surface area contributed by atoms with Crippen LogP contribution in [0.3, 0.4) is 0 Å². The zero-order valence-electron chi connectivity index (χ0n) is 24.3. The van der Waals surface area contributed by atoms with E-state index in [1.165, 1.54) is 31.3 Å². The highest BCUT2D eigenvalue weighted by atomic mass is 32.2. The van der Waals surface area contributed by atoms with Crippen molar-refractivity contribution < 1.29 is 27.5 Å². The van der Waals surface area contributed by atoms with Crippen LogP contribution in [-0.4, -0.2) is 58.5 Å². The van der Waals surface area contributed by atoms with E-state index < -0.39 is 28.5 Å². The minimum absolute atomic E-state index is 0.0187. The van der Waals surface area contributed by atoms with Gasteiger partial charge in [-0.2, -0.15) is 0 Å². The van der Waals surface area contributed by atoms with Gasteiger partial charge in [-0.1, -0.05) is 55.8 Å². The van der Waals surface area contributed by atoms with Crippen LogP contribution in [0, 0.1) is 6.92 Å². The summed E-state index contributed by atoms with van der Waals surface area (Å²) >= 11 is 0. The molecule has 1 unspecified atom stereocenters. The first-order valence-electron chi connectivity index (χ1n) is 13.6. The summed E-state index contributed by atoms with van der Waals surface area (Å²) in [6, 6.07) is 19.4. The fourth-order valence-electron chi connectivity index (χ4n) is 4.40. The van der Waals surface area contributed by atoms with E-state index in [-0.39, 0.29) is 28.8 Å². The first-order valence-corrected chi connectivity index (χ1v) is 15.0. The second-order valence-corrected chi connectivity index (χ2v) is 11.4. The number of ether oxygens (including phenoxy) is 2. The van der Waals surface area contributed by atoms with Gasteiger partial charge in [-0.25, -0.2) is 8.42 Å². The minimum Gasteiger partial charge on any atom is -0.497 e. The first kappa shape index (κ1) is 31.5. The van der Waals surface area contributed by atoms with E-state index >= 15 is 0 Å². The van der Waals surface area contributed by atoms with Gasteiger partial charge in [0.2, 0.25) is 11.8 Å². The van der Waals surface area contributed by atoms with Gasteiger partial charge in [0.15, 0.2) is 0 Å². The van der Waals surface area contributed by atoms with Crippen molar-refractivity contribution in [3.8, 4) is 11.5 Å². The topological polar surface area (TPSA) is 105 Å². The van der Waals surface area contributed by atoms with E-state index in [1.807, 2.05) is 45.0 Å². The quantitative estimate of drug-likeness (QED) is 0.300. The zero-order chi connectivity index (χ0) is 30.0.